The highest BCUT2D eigenvalue weighted by molar-refractivity contribution is 6.46. The van der Waals surface area contributed by atoms with E-state index < -0.39 is 23.7 Å². The van der Waals surface area contributed by atoms with Crippen molar-refractivity contribution in [2.75, 3.05) is 0 Å². The summed E-state index contributed by atoms with van der Waals surface area (Å²) in [6, 6.07) is 18.7. The van der Waals surface area contributed by atoms with Gasteiger partial charge in [0.1, 0.15) is 11.5 Å². The Balaban J connectivity index is 1.75. The molecule has 3 aromatic rings. The largest absolute Gasteiger partial charge is 0.507 e. The molecule has 1 amide bonds. The van der Waals surface area contributed by atoms with Crippen LogP contribution in [0.3, 0.4) is 0 Å². The predicted octanol–water partition coefficient (Wildman–Crippen LogP) is 6.28. The Morgan fingerprint density at radius 3 is 2.17 bits per heavy atom. The molecular weight excluding hydrogens is 506 g/mol. The third-order valence-corrected chi connectivity index (χ3v) is 6.59. The molecule has 1 heterocycles. The number of likely N-dealkylation sites (tertiary alicyclic amines) is 1. The van der Waals surface area contributed by atoms with Crippen molar-refractivity contribution in [1.82, 2.24) is 4.90 Å². The lowest BCUT2D eigenvalue weighted by Crippen LogP contribution is -2.29. The van der Waals surface area contributed by atoms with Crippen LogP contribution in [0.25, 0.3) is 5.76 Å². The summed E-state index contributed by atoms with van der Waals surface area (Å²) in [6.07, 6.45) is -0.254. The van der Waals surface area contributed by atoms with Gasteiger partial charge in [-0.15, -0.1) is 0 Å². The number of esters is 1. The minimum absolute atomic E-state index is 0.0142. The van der Waals surface area contributed by atoms with Crippen LogP contribution >= 0.6 is 0 Å². The number of carbonyl (C=O) groups is 3. The Bertz CT molecular complexity index is 1470. The normalized spacial score (nSPS) is 16.6. The van der Waals surface area contributed by atoms with Crippen molar-refractivity contribution in [3.63, 3.8) is 0 Å². The first-order valence-corrected chi connectivity index (χ1v) is 13.4. The van der Waals surface area contributed by atoms with Crippen molar-refractivity contribution in [2.45, 2.75) is 66.3 Å². The van der Waals surface area contributed by atoms with Crippen molar-refractivity contribution in [2.24, 2.45) is 0 Å². The lowest BCUT2D eigenvalue weighted by Gasteiger charge is -2.26. The third-order valence-electron chi connectivity index (χ3n) is 6.59. The summed E-state index contributed by atoms with van der Waals surface area (Å²) in [5.41, 5.74) is 4.07. The van der Waals surface area contributed by atoms with Gasteiger partial charge in [0.2, 0.25) is 0 Å². The van der Waals surface area contributed by atoms with E-state index in [1.54, 1.807) is 56.3 Å². The topological polar surface area (TPSA) is 93.1 Å². The number of hydrogen-bond acceptors (Lipinski definition) is 6. The second kappa shape index (κ2) is 11.8. The van der Waals surface area contributed by atoms with Crippen molar-refractivity contribution in [1.29, 1.82) is 0 Å². The van der Waals surface area contributed by atoms with Gasteiger partial charge in [-0.3, -0.25) is 9.59 Å². The molecule has 3 aromatic carbocycles. The molecule has 1 fully saturated rings. The summed E-state index contributed by atoms with van der Waals surface area (Å²) in [7, 11) is 0. The lowest BCUT2D eigenvalue weighted by atomic mass is 9.94. The van der Waals surface area contributed by atoms with E-state index in [1.165, 1.54) is 4.90 Å². The lowest BCUT2D eigenvalue weighted by molar-refractivity contribution is -0.140. The molecule has 1 unspecified atom stereocenters. The minimum Gasteiger partial charge on any atom is -0.507 e. The van der Waals surface area contributed by atoms with Gasteiger partial charge in [0.25, 0.3) is 11.7 Å². The summed E-state index contributed by atoms with van der Waals surface area (Å²) in [5.74, 6) is -1.43. The van der Waals surface area contributed by atoms with Gasteiger partial charge in [-0.1, -0.05) is 42.0 Å². The van der Waals surface area contributed by atoms with E-state index in [4.69, 9.17) is 9.47 Å². The van der Waals surface area contributed by atoms with E-state index in [0.29, 0.717) is 16.9 Å². The van der Waals surface area contributed by atoms with Crippen molar-refractivity contribution >= 4 is 23.4 Å². The molecule has 0 aromatic heterocycles. The zero-order chi connectivity index (χ0) is 29.1. The van der Waals surface area contributed by atoms with E-state index >= 15 is 0 Å². The Kier molecular flexibility index (Phi) is 8.43. The van der Waals surface area contributed by atoms with Crippen LogP contribution in [0.4, 0.5) is 0 Å². The summed E-state index contributed by atoms with van der Waals surface area (Å²) in [6.45, 7) is 11.3. The molecule has 0 aliphatic carbocycles. The SMILES string of the molecule is Cc1cccc(C2/C(=C(/O)c3ccc(OC(C)C)c(C)c3)C(=O)C(=O)N2Cc2ccc(C(=O)OC(C)C)cc2)c1. The number of benzene rings is 3. The maximum Gasteiger partial charge on any atom is 0.338 e. The Labute approximate surface area is 235 Å². The summed E-state index contributed by atoms with van der Waals surface area (Å²) >= 11 is 0. The molecule has 7 nitrogen and oxygen atoms in total. The number of amides is 1. The second-order valence-corrected chi connectivity index (χ2v) is 10.6. The van der Waals surface area contributed by atoms with E-state index in [9.17, 15) is 19.5 Å². The standard InChI is InChI=1S/C33H35NO6/c1-19(2)39-27-15-14-26(17-22(27)6)30(35)28-29(25-9-7-8-21(5)16-25)34(32(37)31(28)36)18-23-10-12-24(13-11-23)33(38)40-20(3)4/h7-17,19-20,29,35H,18H2,1-6H3/b30-28-. The summed E-state index contributed by atoms with van der Waals surface area (Å²) in [4.78, 5) is 40.6. The van der Waals surface area contributed by atoms with Crippen LogP contribution < -0.4 is 4.74 Å². The van der Waals surface area contributed by atoms with Crippen LogP contribution in [0.15, 0.2) is 72.3 Å². The fourth-order valence-corrected chi connectivity index (χ4v) is 4.79. The average Bonchev–Trinajstić information content (AvgIpc) is 3.14. The highest BCUT2D eigenvalue weighted by Gasteiger charge is 2.46. The van der Waals surface area contributed by atoms with Gasteiger partial charge in [-0.05, 0) is 88.6 Å². The molecule has 0 saturated carbocycles. The van der Waals surface area contributed by atoms with Crippen LogP contribution in [-0.2, 0) is 20.9 Å². The van der Waals surface area contributed by atoms with Gasteiger partial charge >= 0.3 is 5.97 Å². The Morgan fingerprint density at radius 2 is 1.57 bits per heavy atom. The van der Waals surface area contributed by atoms with Crippen molar-refractivity contribution in [3.05, 3.63) is 106 Å². The molecular formula is C33H35NO6. The number of nitrogens with zero attached hydrogens (tertiary/aromatic N) is 1. The van der Waals surface area contributed by atoms with E-state index in [2.05, 4.69) is 0 Å². The monoisotopic (exact) mass is 541 g/mol. The second-order valence-electron chi connectivity index (χ2n) is 10.6. The quantitative estimate of drug-likeness (QED) is 0.156. The fraction of sp³-hybridized carbons (Fsp3) is 0.303. The first kappa shape index (κ1) is 28.6. The van der Waals surface area contributed by atoms with E-state index in [-0.39, 0.29) is 30.1 Å². The number of Topliss-reactive ketones (excluding diaryl/α,β-unsaturated/α-hetero) is 1. The molecule has 4 rings (SSSR count). The van der Waals surface area contributed by atoms with Gasteiger partial charge in [0, 0.05) is 12.1 Å². The fourth-order valence-electron chi connectivity index (χ4n) is 4.79. The minimum atomic E-state index is -0.794. The Morgan fingerprint density at radius 1 is 0.900 bits per heavy atom. The third kappa shape index (κ3) is 6.09. The number of aryl methyl sites for hydroxylation is 2. The number of carbonyl (C=O) groups excluding carboxylic acids is 3. The molecule has 0 bridgehead atoms. The first-order valence-electron chi connectivity index (χ1n) is 13.4. The van der Waals surface area contributed by atoms with Crippen LogP contribution in [0.5, 0.6) is 5.75 Å². The average molecular weight is 542 g/mol. The van der Waals surface area contributed by atoms with E-state index in [0.717, 1.165) is 22.3 Å². The molecule has 1 aliphatic heterocycles. The smallest absolute Gasteiger partial charge is 0.338 e. The molecule has 0 spiro atoms. The highest BCUT2D eigenvalue weighted by Crippen LogP contribution is 2.41. The summed E-state index contributed by atoms with van der Waals surface area (Å²) in [5, 5.41) is 11.4. The number of aliphatic hydroxyl groups is 1. The van der Waals surface area contributed by atoms with Gasteiger partial charge in [0.15, 0.2) is 0 Å². The summed E-state index contributed by atoms with van der Waals surface area (Å²) < 4.78 is 11.1. The number of rotatable bonds is 8. The molecule has 1 aliphatic rings. The number of ether oxygens (including phenoxy) is 2. The van der Waals surface area contributed by atoms with Crippen molar-refractivity contribution < 1.29 is 29.0 Å². The molecule has 40 heavy (non-hydrogen) atoms. The van der Waals surface area contributed by atoms with Crippen LogP contribution in [0, 0.1) is 13.8 Å². The molecule has 1 atom stereocenters. The van der Waals surface area contributed by atoms with Crippen molar-refractivity contribution in [3.8, 4) is 5.75 Å². The zero-order valence-electron chi connectivity index (χ0n) is 23.7. The van der Waals surface area contributed by atoms with Crippen LogP contribution in [0.2, 0.25) is 0 Å². The predicted molar refractivity (Wildman–Crippen MR) is 153 cm³/mol. The maximum atomic E-state index is 13.4. The number of aliphatic hydroxyl groups excluding tert-OH is 1. The van der Waals surface area contributed by atoms with Crippen LogP contribution in [0.1, 0.15) is 71.9 Å². The highest BCUT2D eigenvalue weighted by atomic mass is 16.5. The van der Waals surface area contributed by atoms with Gasteiger partial charge < -0.3 is 19.5 Å². The van der Waals surface area contributed by atoms with Gasteiger partial charge in [-0.25, -0.2) is 4.79 Å². The van der Waals surface area contributed by atoms with Gasteiger partial charge in [0.05, 0.1) is 29.4 Å². The maximum absolute atomic E-state index is 13.4. The molecule has 1 N–H and O–H groups in total. The van der Waals surface area contributed by atoms with Gasteiger partial charge in [-0.2, -0.15) is 0 Å². The molecule has 208 valence electrons. The molecule has 7 heteroatoms. The molecule has 1 saturated heterocycles. The number of hydrogen-bond donors (Lipinski definition) is 1. The zero-order valence-corrected chi connectivity index (χ0v) is 23.7. The molecule has 0 radical (unpaired) electrons. The first-order chi connectivity index (χ1) is 19.0. The Hall–Kier alpha value is -4.39. The van der Waals surface area contributed by atoms with E-state index in [1.807, 2.05) is 52.0 Å². The van der Waals surface area contributed by atoms with Crippen LogP contribution in [-0.4, -0.2) is 39.9 Å². The number of ketones is 1.